The Morgan fingerprint density at radius 2 is 2.10 bits per heavy atom. The van der Waals surface area contributed by atoms with E-state index in [9.17, 15) is 9.90 Å². The van der Waals surface area contributed by atoms with Crippen LogP contribution in [0.1, 0.15) is 23.7 Å². The molecule has 0 saturated heterocycles. The molecule has 0 fully saturated rings. The minimum absolute atomic E-state index is 0.0974. The molecule has 0 spiro atoms. The van der Waals surface area contributed by atoms with E-state index >= 15 is 0 Å². The second kappa shape index (κ2) is 4.92. The molecule has 1 amide bonds. The number of carbonyl (C=O) groups is 1. The summed E-state index contributed by atoms with van der Waals surface area (Å²) in [6.45, 7) is 1.80. The molecule has 20 heavy (non-hydrogen) atoms. The average molecular weight is 263 g/mol. The summed E-state index contributed by atoms with van der Waals surface area (Å²) in [6.07, 6.45) is 0.434. The largest absolute Gasteiger partial charge is 0.506 e. The smallest absolute Gasteiger partial charge is 0.255 e. The number of fused-ring (bicyclic) bond motifs is 1. The molecular weight excluding hydrogens is 251 g/mol. The highest BCUT2D eigenvalue weighted by Crippen LogP contribution is 2.35. The highest BCUT2D eigenvalue weighted by Gasteiger charge is 2.37. The molecule has 1 unspecified atom stereocenters. The Morgan fingerprint density at radius 3 is 2.65 bits per heavy atom. The van der Waals surface area contributed by atoms with Crippen molar-refractivity contribution in [2.45, 2.75) is 24.6 Å². The van der Waals surface area contributed by atoms with Gasteiger partial charge in [-0.25, -0.2) is 4.99 Å². The normalized spacial score (nSPS) is 19.2. The van der Waals surface area contributed by atoms with Gasteiger partial charge in [0.1, 0.15) is 17.3 Å². The maximum Gasteiger partial charge on any atom is 0.255 e. The Hall–Kier alpha value is -1.85. The van der Waals surface area contributed by atoms with Crippen molar-refractivity contribution in [3.63, 3.8) is 0 Å². The van der Waals surface area contributed by atoms with Crippen molar-refractivity contribution in [1.82, 2.24) is 4.90 Å². The van der Waals surface area contributed by atoms with Crippen LogP contribution in [0.3, 0.4) is 0 Å². The number of aromatic hydroxyl groups is 1. The van der Waals surface area contributed by atoms with E-state index in [4.69, 9.17) is 29.3 Å². The second-order valence-corrected chi connectivity index (χ2v) is 4.70. The molecule has 1 aliphatic rings. The fourth-order valence-electron chi connectivity index (χ4n) is 2.27. The third kappa shape index (κ3) is 2.30. The lowest BCUT2D eigenvalue weighted by atomic mass is 9.48. The van der Waals surface area contributed by atoms with Crippen molar-refractivity contribution in [3.05, 3.63) is 23.8 Å². The van der Waals surface area contributed by atoms with Gasteiger partial charge in [0.15, 0.2) is 0 Å². The zero-order valence-corrected chi connectivity index (χ0v) is 11.1. The Morgan fingerprint density at radius 1 is 1.45 bits per heavy atom. The molecule has 1 aliphatic heterocycles. The van der Waals surface area contributed by atoms with Crippen LogP contribution in [0.15, 0.2) is 23.2 Å². The van der Waals surface area contributed by atoms with Crippen molar-refractivity contribution in [2.75, 3.05) is 0 Å². The predicted molar refractivity (Wildman–Crippen MR) is 79.6 cm³/mol. The molecule has 3 N–H and O–H groups in total. The van der Waals surface area contributed by atoms with Gasteiger partial charge in [0.25, 0.3) is 5.91 Å². The Kier molecular flexibility index (Phi) is 3.58. The summed E-state index contributed by atoms with van der Waals surface area (Å²) in [6, 6.07) is 3.80. The maximum absolute atomic E-state index is 12.6. The number of phenols is 1. The van der Waals surface area contributed by atoms with Crippen molar-refractivity contribution in [3.8, 4) is 5.75 Å². The molecule has 1 aromatic rings. The van der Waals surface area contributed by atoms with Crippen LogP contribution in [0.2, 0.25) is 0 Å². The van der Waals surface area contributed by atoms with Crippen LogP contribution in [0.5, 0.6) is 5.75 Å². The van der Waals surface area contributed by atoms with Gasteiger partial charge >= 0.3 is 0 Å². The third-order valence-electron chi connectivity index (χ3n) is 3.16. The standard InChI is InChI=1S/C12H12B3N3O2/c1-2-7-10(16)17-9-6(4-3-5-8(9)19)11(20)18(7)12(13,14)15/h3-5,7,19H,2H2,1H3,(H2,16,17). The molecule has 6 radical (unpaired) electrons. The number of hydrogen-bond acceptors (Lipinski definition) is 4. The summed E-state index contributed by atoms with van der Waals surface area (Å²) >= 11 is 0. The fourth-order valence-corrected chi connectivity index (χ4v) is 2.27. The summed E-state index contributed by atoms with van der Waals surface area (Å²) in [5, 5.41) is 7.95. The van der Waals surface area contributed by atoms with E-state index in [1.54, 1.807) is 6.92 Å². The van der Waals surface area contributed by atoms with E-state index in [0.29, 0.717) is 6.42 Å². The number of aliphatic imine (C=N–C) groups is 1. The van der Waals surface area contributed by atoms with E-state index in [1.165, 1.54) is 18.2 Å². The zero-order chi connectivity index (χ0) is 15.1. The van der Waals surface area contributed by atoms with E-state index in [1.807, 2.05) is 0 Å². The minimum Gasteiger partial charge on any atom is -0.506 e. The Balaban J connectivity index is 2.69. The van der Waals surface area contributed by atoms with Crippen LogP contribution in [0.4, 0.5) is 5.69 Å². The van der Waals surface area contributed by atoms with E-state index in [0.717, 1.165) is 4.90 Å². The molecule has 2 rings (SSSR count). The van der Waals surface area contributed by atoms with Gasteiger partial charge < -0.3 is 15.7 Å². The molecule has 0 aliphatic carbocycles. The summed E-state index contributed by atoms with van der Waals surface area (Å²) in [5.41, 5.74) is 6.15. The number of nitrogens with zero attached hydrogens (tertiary/aromatic N) is 2. The number of carbonyl (C=O) groups excluding carboxylic acids is 1. The van der Waals surface area contributed by atoms with Gasteiger partial charge in [-0.3, -0.25) is 4.79 Å². The average Bonchev–Trinajstić information content (AvgIpc) is 2.45. The number of amidine groups is 1. The van der Waals surface area contributed by atoms with Gasteiger partial charge in [0.2, 0.25) is 0 Å². The lowest BCUT2D eigenvalue weighted by Crippen LogP contribution is -2.60. The number of rotatable bonds is 2. The first-order chi connectivity index (χ1) is 9.27. The van der Waals surface area contributed by atoms with Crippen LogP contribution in [-0.2, 0) is 0 Å². The molecule has 0 aromatic heterocycles. The van der Waals surface area contributed by atoms with Crippen LogP contribution >= 0.6 is 0 Å². The van der Waals surface area contributed by atoms with Crippen LogP contribution in [-0.4, -0.2) is 56.6 Å². The highest BCUT2D eigenvalue weighted by molar-refractivity contribution is 6.60. The van der Waals surface area contributed by atoms with Gasteiger partial charge in [-0.2, -0.15) is 0 Å². The molecule has 1 aromatic carbocycles. The molecule has 0 saturated carbocycles. The lowest BCUT2D eigenvalue weighted by Gasteiger charge is -2.42. The van der Waals surface area contributed by atoms with Crippen molar-refractivity contribution in [2.24, 2.45) is 10.7 Å². The first-order valence-corrected chi connectivity index (χ1v) is 6.13. The fraction of sp³-hybridized carbons (Fsp3) is 0.333. The molecule has 1 atom stereocenters. The SMILES string of the molecule is [B]C([B])([B])N1C(=O)c2cccc(O)c2N=C(N)C1CC. The van der Waals surface area contributed by atoms with E-state index in [-0.39, 0.29) is 22.8 Å². The lowest BCUT2D eigenvalue weighted by molar-refractivity contribution is 0.0718. The van der Waals surface area contributed by atoms with Crippen molar-refractivity contribution in [1.29, 1.82) is 0 Å². The molecule has 5 nitrogen and oxygen atoms in total. The number of phenolic OH excluding ortho intramolecular Hbond substituents is 1. The zero-order valence-electron chi connectivity index (χ0n) is 11.1. The Bertz CT molecular complexity index is 584. The van der Waals surface area contributed by atoms with Gasteiger partial charge in [0.05, 0.1) is 35.1 Å². The topological polar surface area (TPSA) is 78.9 Å². The van der Waals surface area contributed by atoms with Crippen LogP contribution in [0, 0.1) is 0 Å². The Labute approximate surface area is 121 Å². The van der Waals surface area contributed by atoms with E-state index < -0.39 is 17.2 Å². The van der Waals surface area contributed by atoms with Crippen LogP contribution in [0.25, 0.3) is 0 Å². The first kappa shape index (κ1) is 14.6. The monoisotopic (exact) mass is 263 g/mol. The maximum atomic E-state index is 12.6. The third-order valence-corrected chi connectivity index (χ3v) is 3.16. The number of amides is 1. The summed E-state index contributed by atoms with van der Waals surface area (Å²) in [5.74, 6) is -0.557. The number of para-hydroxylation sites is 1. The highest BCUT2D eigenvalue weighted by atomic mass is 16.3. The van der Waals surface area contributed by atoms with Crippen molar-refractivity contribution >= 4 is 41.0 Å². The van der Waals surface area contributed by atoms with Crippen LogP contribution < -0.4 is 5.73 Å². The van der Waals surface area contributed by atoms with Gasteiger partial charge in [0, 0.05) is 0 Å². The van der Waals surface area contributed by atoms with Gasteiger partial charge in [-0.1, -0.05) is 18.2 Å². The van der Waals surface area contributed by atoms with E-state index in [2.05, 4.69) is 4.99 Å². The molecule has 8 heteroatoms. The summed E-state index contributed by atoms with van der Waals surface area (Å²) in [4.78, 5) is 17.8. The number of nitrogens with two attached hydrogens (primary N) is 1. The predicted octanol–water partition coefficient (Wildman–Crippen LogP) is -0.268. The quantitative estimate of drug-likeness (QED) is 0.721. The summed E-state index contributed by atoms with van der Waals surface area (Å²) < 4.78 is 0. The van der Waals surface area contributed by atoms with Gasteiger partial charge in [-0.15, -0.1) is 0 Å². The minimum atomic E-state index is -1.88. The first-order valence-electron chi connectivity index (χ1n) is 6.13. The van der Waals surface area contributed by atoms with Gasteiger partial charge in [-0.05, 0) is 18.6 Å². The second-order valence-electron chi connectivity index (χ2n) is 4.70. The number of hydrogen-bond donors (Lipinski definition) is 2. The molecular formula is C12H12B3N3O2. The molecule has 96 valence electrons. The molecule has 0 bridgehead atoms. The van der Waals surface area contributed by atoms with Crippen molar-refractivity contribution < 1.29 is 9.90 Å². The number of benzene rings is 1. The summed E-state index contributed by atoms with van der Waals surface area (Å²) in [7, 11) is 17.0. The molecule has 1 heterocycles.